The van der Waals surface area contributed by atoms with Crippen LogP contribution < -0.4 is 19.5 Å². The molecular weight excluding hydrogens is 270 g/mol. The lowest BCUT2D eigenvalue weighted by Crippen LogP contribution is -2.23. The molecule has 0 spiro atoms. The first kappa shape index (κ1) is 15.0. The molecule has 0 bridgehead atoms. The molecule has 1 aromatic rings. The predicted octanol–water partition coefficient (Wildman–Crippen LogP) is 2.10. The topological polar surface area (TPSA) is 56.8 Å². The van der Waals surface area contributed by atoms with Gasteiger partial charge in [0.25, 0.3) is 0 Å². The second-order valence-electron chi connectivity index (χ2n) is 4.54. The number of ether oxygens (including phenoxy) is 3. The van der Waals surface area contributed by atoms with Crippen molar-refractivity contribution < 1.29 is 19.0 Å². The van der Waals surface area contributed by atoms with E-state index in [4.69, 9.17) is 14.2 Å². The van der Waals surface area contributed by atoms with Gasteiger partial charge in [-0.2, -0.15) is 0 Å². The van der Waals surface area contributed by atoms with Gasteiger partial charge in [0.2, 0.25) is 12.7 Å². The van der Waals surface area contributed by atoms with Gasteiger partial charge in [0, 0.05) is 12.5 Å². The van der Waals surface area contributed by atoms with Gasteiger partial charge in [-0.3, -0.25) is 4.79 Å². The second-order valence-corrected chi connectivity index (χ2v) is 4.54. The molecule has 1 amide bonds. The average molecular weight is 289 g/mol. The molecule has 0 fully saturated rings. The third-order valence-electron chi connectivity index (χ3n) is 2.91. The zero-order chi connectivity index (χ0) is 14.9. The summed E-state index contributed by atoms with van der Waals surface area (Å²) in [6, 6.07) is 5.39. The maximum absolute atomic E-state index is 11.3. The number of amides is 1. The zero-order valence-electron chi connectivity index (χ0n) is 12.1. The molecular formula is C16H19NO4. The summed E-state index contributed by atoms with van der Waals surface area (Å²) >= 11 is 0. The van der Waals surface area contributed by atoms with Crippen molar-refractivity contribution in [1.82, 2.24) is 5.32 Å². The molecule has 1 aliphatic rings. The van der Waals surface area contributed by atoms with Gasteiger partial charge in [0.05, 0.1) is 6.54 Å². The van der Waals surface area contributed by atoms with E-state index in [9.17, 15) is 4.79 Å². The molecule has 0 saturated heterocycles. The molecule has 0 saturated carbocycles. The molecule has 5 nitrogen and oxygen atoms in total. The summed E-state index contributed by atoms with van der Waals surface area (Å²) in [5.41, 5.74) is 0. The Morgan fingerprint density at radius 2 is 2.19 bits per heavy atom. The molecule has 0 unspecified atom stereocenters. The lowest BCUT2D eigenvalue weighted by Gasteiger charge is -2.03. The zero-order valence-corrected chi connectivity index (χ0v) is 12.1. The summed E-state index contributed by atoms with van der Waals surface area (Å²) in [6.45, 7) is 2.92. The van der Waals surface area contributed by atoms with Crippen LogP contribution in [0.3, 0.4) is 0 Å². The number of benzene rings is 1. The van der Waals surface area contributed by atoms with Gasteiger partial charge in [-0.15, -0.1) is 0 Å². The number of unbranched alkanes of at least 4 members (excludes halogenated alkanes) is 1. The smallest absolute Gasteiger partial charge is 0.231 e. The van der Waals surface area contributed by atoms with Crippen molar-refractivity contribution in [3.05, 3.63) is 18.2 Å². The maximum atomic E-state index is 11.3. The number of nitrogens with one attached hydrogen (secondary N) is 1. The van der Waals surface area contributed by atoms with Gasteiger partial charge < -0.3 is 19.5 Å². The normalized spacial score (nSPS) is 11.5. The highest BCUT2D eigenvalue weighted by molar-refractivity contribution is 5.76. The molecule has 0 radical (unpaired) electrons. The molecule has 112 valence electrons. The number of carbonyl (C=O) groups excluding carboxylic acids is 1. The van der Waals surface area contributed by atoms with E-state index in [1.165, 1.54) is 0 Å². The van der Waals surface area contributed by atoms with Crippen LogP contribution in [0.5, 0.6) is 17.2 Å². The van der Waals surface area contributed by atoms with Crippen molar-refractivity contribution >= 4 is 5.91 Å². The Balaban J connectivity index is 1.66. The first-order valence-corrected chi connectivity index (χ1v) is 7.04. The van der Waals surface area contributed by atoms with Crippen molar-refractivity contribution in [3.8, 4) is 29.1 Å². The van der Waals surface area contributed by atoms with Crippen LogP contribution in [0.1, 0.15) is 26.2 Å². The van der Waals surface area contributed by atoms with E-state index in [1.54, 1.807) is 12.1 Å². The van der Waals surface area contributed by atoms with E-state index < -0.39 is 0 Å². The maximum Gasteiger partial charge on any atom is 0.231 e. The van der Waals surface area contributed by atoms with Gasteiger partial charge in [-0.05, 0) is 18.6 Å². The van der Waals surface area contributed by atoms with Crippen LogP contribution in [-0.2, 0) is 4.79 Å². The molecule has 0 aliphatic carbocycles. The largest absolute Gasteiger partial charge is 0.481 e. The standard InChI is InChI=1S/C16H19NO4/c1-2-3-6-16(18)17-9-4-5-10-19-13-7-8-14-15(11-13)21-12-20-14/h7-8,11H,2-3,6,9-10,12H2,1H3,(H,17,18). The van der Waals surface area contributed by atoms with Crippen LogP contribution in [-0.4, -0.2) is 25.9 Å². The Labute approximate surface area is 124 Å². The fraction of sp³-hybridized carbons (Fsp3) is 0.438. The first-order valence-electron chi connectivity index (χ1n) is 7.04. The van der Waals surface area contributed by atoms with Crippen LogP contribution in [0.25, 0.3) is 0 Å². The number of carbonyl (C=O) groups is 1. The average Bonchev–Trinajstić information content (AvgIpc) is 2.96. The van der Waals surface area contributed by atoms with Crippen molar-refractivity contribution in [2.24, 2.45) is 0 Å². The highest BCUT2D eigenvalue weighted by Crippen LogP contribution is 2.34. The fourth-order valence-electron chi connectivity index (χ4n) is 1.77. The molecule has 1 aliphatic heterocycles. The van der Waals surface area contributed by atoms with Gasteiger partial charge >= 0.3 is 0 Å². The minimum atomic E-state index is 0.0443. The Morgan fingerprint density at radius 1 is 1.33 bits per heavy atom. The summed E-state index contributed by atoms with van der Waals surface area (Å²) in [7, 11) is 0. The summed E-state index contributed by atoms with van der Waals surface area (Å²) < 4.78 is 16.0. The van der Waals surface area contributed by atoms with Crippen LogP contribution >= 0.6 is 0 Å². The summed E-state index contributed by atoms with van der Waals surface area (Å²) in [5, 5.41) is 2.75. The molecule has 1 N–H and O–H groups in total. The van der Waals surface area contributed by atoms with Crippen molar-refractivity contribution in [3.63, 3.8) is 0 Å². The van der Waals surface area contributed by atoms with Crippen molar-refractivity contribution in [1.29, 1.82) is 0 Å². The second kappa shape index (κ2) is 8.05. The van der Waals surface area contributed by atoms with E-state index in [1.807, 2.05) is 6.07 Å². The Kier molecular flexibility index (Phi) is 5.77. The third-order valence-corrected chi connectivity index (χ3v) is 2.91. The lowest BCUT2D eigenvalue weighted by atomic mass is 10.2. The fourth-order valence-corrected chi connectivity index (χ4v) is 1.77. The molecule has 0 aromatic heterocycles. The molecule has 5 heteroatoms. The highest BCUT2D eigenvalue weighted by atomic mass is 16.7. The van der Waals surface area contributed by atoms with E-state index in [0.29, 0.717) is 24.5 Å². The van der Waals surface area contributed by atoms with E-state index in [0.717, 1.165) is 18.6 Å². The Bertz CT molecular complexity index is 545. The van der Waals surface area contributed by atoms with Crippen molar-refractivity contribution in [2.45, 2.75) is 26.2 Å². The van der Waals surface area contributed by atoms with Gasteiger partial charge in [0.15, 0.2) is 11.5 Å². The summed E-state index contributed by atoms with van der Waals surface area (Å²) in [4.78, 5) is 11.3. The van der Waals surface area contributed by atoms with Crippen LogP contribution in [0.15, 0.2) is 18.2 Å². The van der Waals surface area contributed by atoms with E-state index >= 15 is 0 Å². The Hall–Kier alpha value is -2.35. The summed E-state index contributed by atoms with van der Waals surface area (Å²) in [6.07, 6.45) is 2.49. The SMILES string of the molecule is CCCCC(=O)NCC#CCOc1ccc2c(c1)OCO2. The number of rotatable bonds is 6. The Morgan fingerprint density at radius 3 is 3.05 bits per heavy atom. The highest BCUT2D eigenvalue weighted by Gasteiger charge is 2.13. The van der Waals surface area contributed by atoms with Gasteiger partial charge in [0.1, 0.15) is 12.4 Å². The molecule has 0 atom stereocenters. The quantitative estimate of drug-likeness (QED) is 0.815. The third kappa shape index (κ3) is 4.92. The monoisotopic (exact) mass is 289 g/mol. The molecule has 21 heavy (non-hydrogen) atoms. The minimum Gasteiger partial charge on any atom is -0.481 e. The predicted molar refractivity (Wildman–Crippen MR) is 78.4 cm³/mol. The molecule has 1 heterocycles. The van der Waals surface area contributed by atoms with Crippen LogP contribution in [0, 0.1) is 11.8 Å². The van der Waals surface area contributed by atoms with E-state index in [2.05, 4.69) is 24.1 Å². The van der Waals surface area contributed by atoms with Gasteiger partial charge in [-0.25, -0.2) is 0 Å². The molecule has 2 rings (SSSR count). The number of fused-ring (bicyclic) bond motifs is 1. The minimum absolute atomic E-state index is 0.0443. The number of hydrogen-bond donors (Lipinski definition) is 1. The van der Waals surface area contributed by atoms with Gasteiger partial charge in [-0.1, -0.05) is 25.2 Å². The number of hydrogen-bond acceptors (Lipinski definition) is 4. The lowest BCUT2D eigenvalue weighted by molar-refractivity contribution is -0.120. The van der Waals surface area contributed by atoms with Crippen LogP contribution in [0.4, 0.5) is 0 Å². The first-order chi connectivity index (χ1) is 10.3. The van der Waals surface area contributed by atoms with Crippen LogP contribution in [0.2, 0.25) is 0 Å². The summed E-state index contributed by atoms with van der Waals surface area (Å²) in [5.74, 6) is 7.84. The van der Waals surface area contributed by atoms with Crippen molar-refractivity contribution in [2.75, 3.05) is 19.9 Å². The van der Waals surface area contributed by atoms with E-state index in [-0.39, 0.29) is 19.3 Å². The molecule has 1 aromatic carbocycles.